The maximum atomic E-state index is 14.5. The van der Waals surface area contributed by atoms with Crippen molar-refractivity contribution < 1.29 is 26.3 Å². The van der Waals surface area contributed by atoms with Crippen molar-refractivity contribution in [3.8, 4) is 22.3 Å². The Hall–Kier alpha value is -3.89. The van der Waals surface area contributed by atoms with Gasteiger partial charge in [0.05, 0.1) is 11.1 Å². The Balaban J connectivity index is 2.09. The average Bonchev–Trinajstić information content (AvgIpc) is 3.07. The van der Waals surface area contributed by atoms with Gasteiger partial charge in [-0.2, -0.15) is 26.3 Å². The molecule has 0 fully saturated rings. The summed E-state index contributed by atoms with van der Waals surface area (Å²) in [5, 5.41) is 1.40. The normalized spacial score (nSPS) is 13.1. The number of hydrogen-bond acceptors (Lipinski definition) is 0. The minimum Gasteiger partial charge on any atom is -0.166 e. The van der Waals surface area contributed by atoms with E-state index >= 15 is 0 Å². The smallest absolute Gasteiger partial charge is 0.166 e. The number of halogens is 6. The molecule has 5 aromatic carbocycles. The van der Waals surface area contributed by atoms with Gasteiger partial charge in [0.25, 0.3) is 0 Å². The average molecular weight is 719 g/mol. The van der Waals surface area contributed by atoms with Gasteiger partial charge >= 0.3 is 12.4 Å². The Morgan fingerprint density at radius 2 is 0.765 bits per heavy atom. The first-order valence-corrected chi connectivity index (χ1v) is 18.8. The van der Waals surface area contributed by atoms with E-state index in [1.54, 1.807) is 12.1 Å². The van der Waals surface area contributed by atoms with Gasteiger partial charge in [-0.25, -0.2) is 0 Å². The van der Waals surface area contributed by atoms with Crippen LogP contribution in [0.2, 0.25) is 0 Å². The molecular formula is C44H45F6P. The second-order valence-electron chi connectivity index (χ2n) is 14.4. The fourth-order valence-corrected chi connectivity index (χ4v) is 9.64. The molecule has 5 rings (SSSR count). The van der Waals surface area contributed by atoms with Crippen LogP contribution in [0, 0.1) is 0 Å². The van der Waals surface area contributed by atoms with Crippen LogP contribution >= 0.6 is 7.92 Å². The number of benzene rings is 5. The maximum Gasteiger partial charge on any atom is 0.416 e. The lowest BCUT2D eigenvalue weighted by Crippen LogP contribution is -2.27. The molecule has 5 aromatic rings. The monoisotopic (exact) mass is 718 g/mol. The molecule has 0 aliphatic carbocycles. The second-order valence-corrected chi connectivity index (χ2v) is 16.5. The van der Waals surface area contributed by atoms with E-state index in [-0.39, 0.29) is 35.0 Å². The molecule has 0 bridgehead atoms. The SMILES string of the molecule is CC(C)c1cccc(C(C)C)c1-c1cccc(-c2c(C(C)C)cccc2C(C)C)c1P(c1ccccc1)c1cc(C(F)(F)F)cc(C(F)(F)F)c1. The number of alkyl halides is 6. The van der Waals surface area contributed by atoms with E-state index in [4.69, 9.17) is 0 Å². The predicted molar refractivity (Wildman–Crippen MR) is 202 cm³/mol. The summed E-state index contributed by atoms with van der Waals surface area (Å²) in [6.45, 7) is 16.9. The molecular weight excluding hydrogens is 673 g/mol. The highest BCUT2D eigenvalue weighted by Crippen LogP contribution is 2.48. The highest BCUT2D eigenvalue weighted by molar-refractivity contribution is 7.80. The van der Waals surface area contributed by atoms with Gasteiger partial charge < -0.3 is 0 Å². The molecule has 0 aliphatic rings. The third-order valence-electron chi connectivity index (χ3n) is 9.39. The maximum absolute atomic E-state index is 14.5. The Kier molecular flexibility index (Phi) is 11.3. The van der Waals surface area contributed by atoms with E-state index < -0.39 is 31.4 Å². The molecule has 0 amide bonds. The summed E-state index contributed by atoms with van der Waals surface area (Å²) in [5.41, 5.74) is 5.29. The Labute approximate surface area is 299 Å². The van der Waals surface area contributed by atoms with E-state index in [0.717, 1.165) is 61.9 Å². The Bertz CT molecular complexity index is 1820. The van der Waals surface area contributed by atoms with Crippen LogP contribution in [-0.2, 0) is 12.4 Å². The molecule has 51 heavy (non-hydrogen) atoms. The van der Waals surface area contributed by atoms with Gasteiger partial charge in [0, 0.05) is 5.30 Å². The van der Waals surface area contributed by atoms with E-state index in [0.29, 0.717) is 5.30 Å². The van der Waals surface area contributed by atoms with Crippen molar-refractivity contribution in [3.63, 3.8) is 0 Å². The molecule has 0 nitrogen and oxygen atoms in total. The molecule has 0 spiro atoms. The van der Waals surface area contributed by atoms with Gasteiger partial charge in [0.1, 0.15) is 0 Å². The van der Waals surface area contributed by atoms with Gasteiger partial charge in [0.15, 0.2) is 0 Å². The predicted octanol–water partition coefficient (Wildman–Crippen LogP) is 13.3. The van der Waals surface area contributed by atoms with Crippen LogP contribution < -0.4 is 15.9 Å². The van der Waals surface area contributed by atoms with Crippen molar-refractivity contribution in [1.29, 1.82) is 0 Å². The molecule has 1 atom stereocenters. The number of hydrogen-bond donors (Lipinski definition) is 0. The fraction of sp³-hybridized carbons (Fsp3) is 0.318. The molecule has 1 unspecified atom stereocenters. The molecule has 0 aliphatic heterocycles. The van der Waals surface area contributed by atoms with Crippen LogP contribution in [0.5, 0.6) is 0 Å². The summed E-state index contributed by atoms with van der Waals surface area (Å²) in [5.74, 6) is 0.380. The largest absolute Gasteiger partial charge is 0.416 e. The van der Waals surface area contributed by atoms with Crippen molar-refractivity contribution in [2.24, 2.45) is 0 Å². The van der Waals surface area contributed by atoms with Gasteiger partial charge in [-0.1, -0.05) is 140 Å². The van der Waals surface area contributed by atoms with E-state index in [9.17, 15) is 26.3 Å². The first-order chi connectivity index (χ1) is 23.9. The van der Waals surface area contributed by atoms with Gasteiger partial charge in [-0.15, -0.1) is 0 Å². The minimum atomic E-state index is -4.99. The summed E-state index contributed by atoms with van der Waals surface area (Å²) in [7, 11) is -1.99. The van der Waals surface area contributed by atoms with Gasteiger partial charge in [-0.05, 0) is 105 Å². The van der Waals surface area contributed by atoms with E-state index in [2.05, 4.69) is 79.7 Å². The molecule has 268 valence electrons. The lowest BCUT2D eigenvalue weighted by atomic mass is 9.82. The lowest BCUT2D eigenvalue weighted by Gasteiger charge is -2.31. The van der Waals surface area contributed by atoms with Crippen LogP contribution in [0.4, 0.5) is 26.3 Å². The summed E-state index contributed by atoms with van der Waals surface area (Å²) in [4.78, 5) is 0. The topological polar surface area (TPSA) is 0 Å². The quantitative estimate of drug-likeness (QED) is 0.105. The summed E-state index contributed by atoms with van der Waals surface area (Å²) in [6, 6.07) is 29.6. The Morgan fingerprint density at radius 1 is 0.412 bits per heavy atom. The zero-order valence-corrected chi connectivity index (χ0v) is 31.2. The standard InChI is InChI=1S/C44H45F6P/c1-26(2)34-17-12-18-35(27(3)4)40(34)38-21-14-22-39(41-36(28(5)6)19-13-20-37(41)29(7)8)42(38)51(32-15-10-9-11-16-32)33-24-30(43(45,46)47)23-31(25-33)44(48,49)50/h9-29H,1-8H3. The molecule has 0 saturated heterocycles. The second kappa shape index (κ2) is 15.0. The number of rotatable bonds is 9. The first kappa shape index (κ1) is 38.3. The summed E-state index contributed by atoms with van der Waals surface area (Å²) >= 11 is 0. The summed E-state index contributed by atoms with van der Waals surface area (Å²) in [6.07, 6.45) is -9.97. The van der Waals surface area contributed by atoms with E-state index in [1.165, 1.54) is 0 Å². The van der Waals surface area contributed by atoms with Crippen molar-refractivity contribution in [3.05, 3.63) is 137 Å². The van der Waals surface area contributed by atoms with Gasteiger partial charge in [0.2, 0.25) is 0 Å². The third kappa shape index (κ3) is 7.97. The highest BCUT2D eigenvalue weighted by atomic mass is 31.1. The molecule has 0 saturated carbocycles. The van der Waals surface area contributed by atoms with Crippen molar-refractivity contribution in [1.82, 2.24) is 0 Å². The molecule has 0 N–H and O–H groups in total. The minimum absolute atomic E-state index is 0.00620. The zero-order chi connectivity index (χ0) is 37.4. The molecule has 0 radical (unpaired) electrons. The van der Waals surface area contributed by atoms with Crippen LogP contribution in [0.3, 0.4) is 0 Å². The van der Waals surface area contributed by atoms with Crippen LogP contribution in [0.1, 0.15) is 112 Å². The Morgan fingerprint density at radius 3 is 1.10 bits per heavy atom. The molecule has 0 heterocycles. The zero-order valence-electron chi connectivity index (χ0n) is 30.3. The van der Waals surface area contributed by atoms with E-state index in [1.807, 2.05) is 48.5 Å². The molecule has 0 aromatic heterocycles. The van der Waals surface area contributed by atoms with Crippen molar-refractivity contribution in [2.75, 3.05) is 0 Å². The fourth-order valence-electron chi connectivity index (χ4n) is 6.96. The highest BCUT2D eigenvalue weighted by Gasteiger charge is 2.39. The lowest BCUT2D eigenvalue weighted by molar-refractivity contribution is -0.142. The van der Waals surface area contributed by atoms with Gasteiger partial charge in [-0.3, -0.25) is 0 Å². The third-order valence-corrected chi connectivity index (χ3v) is 11.9. The summed E-state index contributed by atoms with van der Waals surface area (Å²) < 4.78 is 87.0. The van der Waals surface area contributed by atoms with Crippen LogP contribution in [-0.4, -0.2) is 0 Å². The van der Waals surface area contributed by atoms with Crippen molar-refractivity contribution in [2.45, 2.75) is 91.4 Å². The van der Waals surface area contributed by atoms with Crippen LogP contribution in [0.15, 0.2) is 103 Å². The molecule has 7 heteroatoms. The first-order valence-electron chi connectivity index (χ1n) is 17.5. The van der Waals surface area contributed by atoms with Crippen molar-refractivity contribution >= 4 is 23.8 Å². The van der Waals surface area contributed by atoms with Crippen LogP contribution in [0.25, 0.3) is 22.3 Å².